The van der Waals surface area contributed by atoms with Crippen LogP contribution in [-0.2, 0) is 0 Å². The minimum atomic E-state index is 0. The predicted octanol–water partition coefficient (Wildman–Crippen LogP) is 0.878. The molecule has 0 aromatic carbocycles. The molecule has 0 radical (unpaired) electrons. The summed E-state index contributed by atoms with van der Waals surface area (Å²) in [6.07, 6.45) is 0. The van der Waals surface area contributed by atoms with Crippen molar-refractivity contribution in [1.29, 1.82) is 0 Å². The average Bonchev–Trinajstić information content (AvgIpc) is 1.38. The standard InChI is InChI=1S/C3H9OP.CH4/c1-3(5)2-4;/h3-4H,2,5H2,1H3;1H4. The van der Waals surface area contributed by atoms with Crippen LogP contribution in [0.4, 0.5) is 0 Å². The topological polar surface area (TPSA) is 20.2 Å². The van der Waals surface area contributed by atoms with Gasteiger partial charge >= 0.3 is 0 Å². The molecule has 0 bridgehead atoms. The van der Waals surface area contributed by atoms with E-state index in [9.17, 15) is 0 Å². The van der Waals surface area contributed by atoms with Crippen molar-refractivity contribution in [3.8, 4) is 0 Å². The van der Waals surface area contributed by atoms with Crippen molar-refractivity contribution >= 4 is 9.24 Å². The Labute approximate surface area is 42.0 Å². The van der Waals surface area contributed by atoms with Gasteiger partial charge in [0.05, 0.1) is 0 Å². The third kappa shape index (κ3) is 8.83. The van der Waals surface area contributed by atoms with E-state index in [1.807, 2.05) is 6.92 Å². The van der Waals surface area contributed by atoms with Crippen molar-refractivity contribution in [1.82, 2.24) is 0 Å². The van der Waals surface area contributed by atoms with Crippen LogP contribution in [0.3, 0.4) is 0 Å². The fraction of sp³-hybridized carbons (Fsp3) is 1.00. The van der Waals surface area contributed by atoms with Crippen LogP contribution >= 0.6 is 9.24 Å². The van der Waals surface area contributed by atoms with Gasteiger partial charge in [0.25, 0.3) is 0 Å². The lowest BCUT2D eigenvalue weighted by atomic mass is 10.5. The second kappa shape index (κ2) is 5.39. The Kier molecular flexibility index (Phi) is 8.65. The fourth-order valence-corrected chi connectivity index (χ4v) is 0. The molecule has 0 aliphatic rings. The summed E-state index contributed by atoms with van der Waals surface area (Å²) in [7, 11) is 2.48. The van der Waals surface area contributed by atoms with Crippen LogP contribution < -0.4 is 0 Å². The molecule has 0 spiro atoms. The van der Waals surface area contributed by atoms with Gasteiger partial charge in [-0.05, 0) is 5.66 Å². The van der Waals surface area contributed by atoms with E-state index in [0.717, 1.165) is 0 Å². The number of aliphatic hydroxyl groups is 1. The molecular formula is C4H13OP. The highest BCUT2D eigenvalue weighted by Gasteiger charge is 1.81. The quantitative estimate of drug-likeness (QED) is 0.494. The van der Waals surface area contributed by atoms with Crippen molar-refractivity contribution in [3.05, 3.63) is 0 Å². The molecule has 2 unspecified atom stereocenters. The monoisotopic (exact) mass is 108 g/mol. The molecule has 0 aromatic rings. The molecule has 0 fully saturated rings. The molecule has 1 nitrogen and oxygen atoms in total. The second-order valence-corrected chi connectivity index (χ2v) is 2.30. The smallest absolute Gasteiger partial charge is 0.0491 e. The van der Waals surface area contributed by atoms with Crippen LogP contribution in [-0.4, -0.2) is 17.4 Å². The van der Waals surface area contributed by atoms with E-state index in [0.29, 0.717) is 5.66 Å². The summed E-state index contributed by atoms with van der Waals surface area (Å²) in [5.41, 5.74) is 0.356. The molecule has 40 valence electrons. The van der Waals surface area contributed by atoms with Gasteiger partial charge in [-0.2, -0.15) is 0 Å². The van der Waals surface area contributed by atoms with Crippen LogP contribution in [0.2, 0.25) is 0 Å². The molecule has 0 heterocycles. The maximum absolute atomic E-state index is 8.12. The van der Waals surface area contributed by atoms with Crippen LogP contribution in [0, 0.1) is 0 Å². The third-order valence-electron chi connectivity index (χ3n) is 0.288. The lowest BCUT2D eigenvalue weighted by Crippen LogP contribution is -1.93. The van der Waals surface area contributed by atoms with Gasteiger partial charge in [0.15, 0.2) is 0 Å². The Morgan fingerprint density at radius 2 is 2.00 bits per heavy atom. The number of aliphatic hydroxyl groups excluding tert-OH is 1. The summed E-state index contributed by atoms with van der Waals surface area (Å²) in [6.45, 7) is 2.20. The zero-order valence-corrected chi connectivity index (χ0v) is 4.46. The van der Waals surface area contributed by atoms with Crippen LogP contribution in [0.5, 0.6) is 0 Å². The first kappa shape index (κ1) is 9.63. The number of hydrogen-bond donors (Lipinski definition) is 1. The summed E-state index contributed by atoms with van der Waals surface area (Å²) >= 11 is 0. The molecule has 1 N–H and O–H groups in total. The van der Waals surface area contributed by atoms with Gasteiger partial charge in [0.1, 0.15) is 0 Å². The Morgan fingerprint density at radius 1 is 1.83 bits per heavy atom. The van der Waals surface area contributed by atoms with E-state index in [-0.39, 0.29) is 14.0 Å². The summed E-state index contributed by atoms with van der Waals surface area (Å²) in [5, 5.41) is 8.12. The van der Waals surface area contributed by atoms with E-state index in [1.165, 1.54) is 0 Å². The van der Waals surface area contributed by atoms with E-state index < -0.39 is 0 Å². The van der Waals surface area contributed by atoms with E-state index in [4.69, 9.17) is 5.11 Å². The summed E-state index contributed by atoms with van der Waals surface area (Å²) in [5.74, 6) is 0. The van der Waals surface area contributed by atoms with Crippen molar-refractivity contribution in [3.63, 3.8) is 0 Å². The lowest BCUT2D eigenvalue weighted by molar-refractivity contribution is 0.300. The molecule has 0 saturated heterocycles. The summed E-state index contributed by atoms with van der Waals surface area (Å²) in [6, 6.07) is 0. The summed E-state index contributed by atoms with van der Waals surface area (Å²) in [4.78, 5) is 0. The first-order valence-corrected chi connectivity index (χ1v) is 2.30. The second-order valence-electron chi connectivity index (χ2n) is 1.16. The van der Waals surface area contributed by atoms with Gasteiger partial charge in [-0.15, -0.1) is 9.24 Å². The Bertz CT molecular complexity index is 21.5. The van der Waals surface area contributed by atoms with Gasteiger partial charge in [-0.3, -0.25) is 0 Å². The maximum atomic E-state index is 8.12. The van der Waals surface area contributed by atoms with Gasteiger partial charge < -0.3 is 5.11 Å². The summed E-state index contributed by atoms with van der Waals surface area (Å²) < 4.78 is 0. The Morgan fingerprint density at radius 3 is 2.00 bits per heavy atom. The van der Waals surface area contributed by atoms with Gasteiger partial charge in [-0.1, -0.05) is 14.4 Å². The molecule has 0 aliphatic carbocycles. The van der Waals surface area contributed by atoms with E-state index in [1.54, 1.807) is 0 Å². The molecule has 0 aromatic heterocycles. The van der Waals surface area contributed by atoms with Gasteiger partial charge in [0, 0.05) is 6.61 Å². The minimum absolute atomic E-state index is 0. The molecule has 2 heteroatoms. The number of hydrogen-bond acceptors (Lipinski definition) is 1. The Balaban J connectivity index is 0. The fourth-order valence-electron chi connectivity index (χ4n) is 0. The third-order valence-corrected chi connectivity index (χ3v) is 0.499. The van der Waals surface area contributed by atoms with E-state index >= 15 is 0 Å². The molecule has 0 saturated carbocycles. The molecular weight excluding hydrogens is 95.0 g/mol. The normalized spacial score (nSPS) is 12.5. The van der Waals surface area contributed by atoms with Gasteiger partial charge in [-0.25, -0.2) is 0 Å². The number of rotatable bonds is 1. The van der Waals surface area contributed by atoms with Crippen molar-refractivity contribution < 1.29 is 5.11 Å². The van der Waals surface area contributed by atoms with Gasteiger partial charge in [0.2, 0.25) is 0 Å². The van der Waals surface area contributed by atoms with Crippen molar-refractivity contribution in [2.75, 3.05) is 6.61 Å². The first-order valence-electron chi connectivity index (χ1n) is 1.64. The predicted molar refractivity (Wildman–Crippen MR) is 33.0 cm³/mol. The first-order chi connectivity index (χ1) is 2.27. The van der Waals surface area contributed by atoms with Crippen LogP contribution in [0.25, 0.3) is 0 Å². The largest absolute Gasteiger partial charge is 0.396 e. The lowest BCUT2D eigenvalue weighted by Gasteiger charge is -1.90. The SMILES string of the molecule is C.CC(P)CO. The molecule has 0 rings (SSSR count). The molecule has 0 aliphatic heterocycles. The zero-order valence-electron chi connectivity index (χ0n) is 3.31. The molecule has 2 atom stereocenters. The highest BCUT2D eigenvalue weighted by molar-refractivity contribution is 7.17. The minimum Gasteiger partial charge on any atom is -0.396 e. The average molecular weight is 108 g/mol. The molecule has 0 amide bonds. The highest BCUT2D eigenvalue weighted by atomic mass is 31.0. The maximum Gasteiger partial charge on any atom is 0.0491 e. The van der Waals surface area contributed by atoms with Crippen molar-refractivity contribution in [2.45, 2.75) is 20.0 Å². The highest BCUT2D eigenvalue weighted by Crippen LogP contribution is 1.91. The Hall–Kier alpha value is 0.390. The van der Waals surface area contributed by atoms with Crippen molar-refractivity contribution in [2.24, 2.45) is 0 Å². The zero-order chi connectivity index (χ0) is 4.28. The van der Waals surface area contributed by atoms with Crippen LogP contribution in [0.1, 0.15) is 14.4 Å². The van der Waals surface area contributed by atoms with Crippen LogP contribution in [0.15, 0.2) is 0 Å². The molecule has 6 heavy (non-hydrogen) atoms. The van der Waals surface area contributed by atoms with E-state index in [2.05, 4.69) is 9.24 Å².